The summed E-state index contributed by atoms with van der Waals surface area (Å²) in [4.78, 5) is 13.8. The van der Waals surface area contributed by atoms with Gasteiger partial charge in [-0.3, -0.25) is 4.79 Å². The molecular formula is C8H12N4O2. The number of terminal acetylenes is 1. The second-order valence-corrected chi connectivity index (χ2v) is 2.47. The molecule has 0 aliphatic heterocycles. The van der Waals surface area contributed by atoms with Crippen LogP contribution in [0, 0.1) is 12.3 Å². The first-order valence-electron chi connectivity index (χ1n) is 4.00. The molecule has 0 heterocycles. The molecule has 0 fully saturated rings. The third kappa shape index (κ3) is 2.66. The zero-order chi connectivity index (χ0) is 11.0. The van der Waals surface area contributed by atoms with Crippen LogP contribution in [0.5, 0.6) is 0 Å². The number of nitrogens with zero attached hydrogens (tertiary/aromatic N) is 3. The molecule has 6 nitrogen and oxygen atoms in total. The van der Waals surface area contributed by atoms with Gasteiger partial charge in [0.1, 0.15) is 0 Å². The monoisotopic (exact) mass is 196 g/mol. The van der Waals surface area contributed by atoms with Gasteiger partial charge in [-0.25, -0.2) is 0 Å². The van der Waals surface area contributed by atoms with Crippen LogP contribution in [0.4, 0.5) is 0 Å². The van der Waals surface area contributed by atoms with Crippen molar-refractivity contribution >= 4 is 5.97 Å². The average Bonchev–Trinajstić information content (AvgIpc) is 2.23. The van der Waals surface area contributed by atoms with Gasteiger partial charge in [0.25, 0.3) is 0 Å². The Morgan fingerprint density at radius 1 is 1.86 bits per heavy atom. The number of hydrogen-bond acceptors (Lipinski definition) is 4. The zero-order valence-corrected chi connectivity index (χ0v) is 8.15. The fraction of sp³-hybridized carbons (Fsp3) is 0.625. The Morgan fingerprint density at radius 3 is 2.86 bits per heavy atom. The predicted octanol–water partition coefficient (Wildman–Crippen LogP) is 0.451. The minimum Gasteiger partial charge on any atom is -0.468 e. The standard InChI is InChI=1S/C8H12N4O2/c1-4-8(11-12-9,6-10-5-2)7(13)14-3/h1,10H,5-6H2,2-3H3. The Bertz CT molecular complexity index is 290. The first-order chi connectivity index (χ1) is 6.66. The summed E-state index contributed by atoms with van der Waals surface area (Å²) in [6, 6.07) is 0. The van der Waals surface area contributed by atoms with Gasteiger partial charge in [-0.15, -0.1) is 6.42 Å². The van der Waals surface area contributed by atoms with Gasteiger partial charge in [0.05, 0.1) is 7.11 Å². The van der Waals surface area contributed by atoms with E-state index in [1.54, 1.807) is 0 Å². The number of nitrogens with one attached hydrogen (secondary N) is 1. The van der Waals surface area contributed by atoms with Gasteiger partial charge in [-0.2, -0.15) is 0 Å². The van der Waals surface area contributed by atoms with Crippen molar-refractivity contribution in [1.29, 1.82) is 0 Å². The molecule has 0 saturated carbocycles. The summed E-state index contributed by atoms with van der Waals surface area (Å²) in [6.45, 7) is 2.52. The van der Waals surface area contributed by atoms with Crippen LogP contribution in [-0.4, -0.2) is 31.7 Å². The maximum atomic E-state index is 11.3. The van der Waals surface area contributed by atoms with Gasteiger partial charge in [-0.05, 0) is 12.1 Å². The molecule has 14 heavy (non-hydrogen) atoms. The van der Waals surface area contributed by atoms with Gasteiger partial charge in [0.2, 0.25) is 5.54 Å². The molecule has 1 unspecified atom stereocenters. The van der Waals surface area contributed by atoms with Crippen molar-refractivity contribution in [2.24, 2.45) is 5.11 Å². The van der Waals surface area contributed by atoms with Crippen molar-refractivity contribution in [3.05, 3.63) is 10.4 Å². The fourth-order valence-corrected chi connectivity index (χ4v) is 0.838. The lowest BCUT2D eigenvalue weighted by Crippen LogP contribution is -2.45. The third-order valence-electron chi connectivity index (χ3n) is 1.61. The van der Waals surface area contributed by atoms with E-state index in [2.05, 4.69) is 26.0 Å². The highest BCUT2D eigenvalue weighted by Crippen LogP contribution is 2.11. The molecule has 0 saturated heterocycles. The molecule has 0 rings (SSSR count). The molecule has 0 aliphatic carbocycles. The Hall–Kier alpha value is -1.70. The van der Waals surface area contributed by atoms with E-state index in [1.807, 2.05) is 6.92 Å². The quantitative estimate of drug-likeness (QED) is 0.228. The van der Waals surface area contributed by atoms with Crippen LogP contribution in [0.15, 0.2) is 5.11 Å². The van der Waals surface area contributed by atoms with Crippen LogP contribution < -0.4 is 5.32 Å². The second kappa shape index (κ2) is 5.86. The summed E-state index contributed by atoms with van der Waals surface area (Å²) in [5.41, 5.74) is 6.72. The van der Waals surface area contributed by atoms with Crippen molar-refractivity contribution in [2.45, 2.75) is 12.5 Å². The molecule has 0 aromatic heterocycles. The van der Waals surface area contributed by atoms with Crippen LogP contribution in [0.2, 0.25) is 0 Å². The maximum absolute atomic E-state index is 11.3. The topological polar surface area (TPSA) is 87.1 Å². The fourth-order valence-electron chi connectivity index (χ4n) is 0.838. The molecular weight excluding hydrogens is 184 g/mol. The Morgan fingerprint density at radius 2 is 2.50 bits per heavy atom. The number of esters is 1. The van der Waals surface area contributed by atoms with E-state index in [-0.39, 0.29) is 6.54 Å². The van der Waals surface area contributed by atoms with Crippen LogP contribution in [0.3, 0.4) is 0 Å². The van der Waals surface area contributed by atoms with Gasteiger partial charge in [0.15, 0.2) is 0 Å². The van der Waals surface area contributed by atoms with E-state index in [9.17, 15) is 4.79 Å². The lowest BCUT2D eigenvalue weighted by molar-refractivity contribution is -0.144. The summed E-state index contributed by atoms with van der Waals surface area (Å²) in [5, 5.41) is 6.12. The summed E-state index contributed by atoms with van der Waals surface area (Å²) < 4.78 is 4.47. The molecule has 0 spiro atoms. The Kier molecular flexibility index (Phi) is 5.15. The molecule has 0 amide bonds. The highest BCUT2D eigenvalue weighted by molar-refractivity contribution is 5.85. The van der Waals surface area contributed by atoms with E-state index >= 15 is 0 Å². The molecule has 0 aromatic rings. The van der Waals surface area contributed by atoms with Crippen molar-refractivity contribution in [3.63, 3.8) is 0 Å². The lowest BCUT2D eigenvalue weighted by Gasteiger charge is -2.19. The number of likely N-dealkylation sites (N-methyl/N-ethyl adjacent to an activating group) is 1. The number of methoxy groups -OCH3 is 1. The van der Waals surface area contributed by atoms with Crippen LogP contribution in [0.25, 0.3) is 10.4 Å². The maximum Gasteiger partial charge on any atom is 0.331 e. The minimum atomic E-state index is -1.58. The van der Waals surface area contributed by atoms with Gasteiger partial charge >= 0.3 is 5.97 Å². The number of rotatable bonds is 5. The Labute approximate surface area is 82.3 Å². The van der Waals surface area contributed by atoms with Gasteiger partial charge in [-0.1, -0.05) is 18.0 Å². The zero-order valence-electron chi connectivity index (χ0n) is 8.15. The van der Waals surface area contributed by atoms with Crippen molar-refractivity contribution in [1.82, 2.24) is 5.32 Å². The predicted molar refractivity (Wildman–Crippen MR) is 51.3 cm³/mol. The number of ether oxygens (including phenoxy) is 1. The van der Waals surface area contributed by atoms with Gasteiger partial charge < -0.3 is 10.1 Å². The number of azide groups is 1. The van der Waals surface area contributed by atoms with Crippen LogP contribution >= 0.6 is 0 Å². The molecule has 0 aliphatic rings. The number of carbonyl (C=O) groups excluding carboxylic acids is 1. The summed E-state index contributed by atoms with van der Waals surface area (Å²) in [5.74, 6) is 1.41. The molecule has 6 heteroatoms. The molecule has 1 N–H and O–H groups in total. The molecule has 0 aromatic carbocycles. The first-order valence-corrected chi connectivity index (χ1v) is 4.00. The average molecular weight is 196 g/mol. The summed E-state index contributed by atoms with van der Waals surface area (Å²) in [7, 11) is 1.19. The smallest absolute Gasteiger partial charge is 0.331 e. The van der Waals surface area contributed by atoms with E-state index in [0.29, 0.717) is 6.54 Å². The van der Waals surface area contributed by atoms with Crippen molar-refractivity contribution in [3.8, 4) is 12.3 Å². The largest absolute Gasteiger partial charge is 0.468 e. The van der Waals surface area contributed by atoms with Crippen LogP contribution in [0.1, 0.15) is 6.92 Å². The second-order valence-electron chi connectivity index (χ2n) is 2.47. The SMILES string of the molecule is C#CC(CNCC)(N=[N+]=[N-])C(=O)OC. The highest BCUT2D eigenvalue weighted by Gasteiger charge is 2.36. The minimum absolute atomic E-state index is 0.0662. The highest BCUT2D eigenvalue weighted by atomic mass is 16.5. The summed E-state index contributed by atoms with van der Waals surface area (Å²) in [6.07, 6.45) is 5.16. The Balaban J connectivity index is 4.90. The first kappa shape index (κ1) is 12.3. The van der Waals surface area contributed by atoms with E-state index in [0.717, 1.165) is 0 Å². The number of hydrogen-bond donors (Lipinski definition) is 1. The molecule has 76 valence electrons. The van der Waals surface area contributed by atoms with Crippen molar-refractivity contribution < 1.29 is 9.53 Å². The lowest BCUT2D eigenvalue weighted by atomic mass is 10.0. The third-order valence-corrected chi connectivity index (χ3v) is 1.61. The van der Waals surface area contributed by atoms with E-state index in [1.165, 1.54) is 7.11 Å². The molecule has 0 radical (unpaired) electrons. The molecule has 0 bridgehead atoms. The molecule has 1 atom stereocenters. The normalized spacial score (nSPS) is 13.2. The van der Waals surface area contributed by atoms with E-state index in [4.69, 9.17) is 12.0 Å². The van der Waals surface area contributed by atoms with Crippen molar-refractivity contribution in [2.75, 3.05) is 20.2 Å². The number of carbonyl (C=O) groups is 1. The van der Waals surface area contributed by atoms with Crippen LogP contribution in [-0.2, 0) is 9.53 Å². The van der Waals surface area contributed by atoms with E-state index < -0.39 is 11.5 Å². The van der Waals surface area contributed by atoms with Gasteiger partial charge in [0, 0.05) is 11.5 Å². The summed E-state index contributed by atoms with van der Waals surface area (Å²) >= 11 is 0.